The lowest BCUT2D eigenvalue weighted by Crippen LogP contribution is -2.46. The molecule has 0 spiro atoms. The van der Waals surface area contributed by atoms with Crippen molar-refractivity contribution in [3.8, 4) is 0 Å². The third-order valence-corrected chi connectivity index (χ3v) is 13.9. The number of quaternary nitrogens is 1. The summed E-state index contributed by atoms with van der Waals surface area (Å²) in [6.07, 6.45) is 70.7. The molecule has 0 aliphatic heterocycles. The van der Waals surface area contributed by atoms with E-state index in [0.29, 0.717) is 23.9 Å². The van der Waals surface area contributed by atoms with Crippen LogP contribution in [0.2, 0.25) is 0 Å². The molecule has 3 unspecified atom stereocenters. The number of allylic oxidation sites excluding steroid dienone is 12. The largest absolute Gasteiger partial charge is 0.756 e. The molecule has 0 rings (SSSR count). The Hall–Kier alpha value is -2.06. The topological polar surface area (TPSA) is 108 Å². The lowest BCUT2D eigenvalue weighted by Gasteiger charge is -2.30. The van der Waals surface area contributed by atoms with Crippen LogP contribution < -0.4 is 10.2 Å². The SMILES string of the molecule is CC/C=C\C/C=C\C/C=C\C/C=C\C/C=C\C/C=C\CCCCCCCCCCCCCCC(=O)NC(COP(=O)([O-])OCC[N+](C)(C)C)C(O)CCCCCCCCCCCCCCCCCCC. The molecule has 0 aromatic carbocycles. The van der Waals surface area contributed by atoms with Crippen molar-refractivity contribution < 1.29 is 32.9 Å². The van der Waals surface area contributed by atoms with Crippen LogP contribution in [0, 0.1) is 0 Å². The van der Waals surface area contributed by atoms with E-state index in [1.165, 1.54) is 154 Å². The first-order chi connectivity index (χ1) is 34.0. The number of carbonyl (C=O) groups excluding carboxylic acids is 1. The van der Waals surface area contributed by atoms with E-state index in [-0.39, 0.29) is 19.1 Å². The quantitative estimate of drug-likeness (QED) is 0.0272. The van der Waals surface area contributed by atoms with Crippen LogP contribution in [-0.4, -0.2) is 68.5 Å². The number of likely N-dealkylation sites (N-methyl/N-ethyl adjacent to an activating group) is 1. The third-order valence-electron chi connectivity index (χ3n) is 13.0. The van der Waals surface area contributed by atoms with Crippen LogP contribution in [0.25, 0.3) is 0 Å². The summed E-state index contributed by atoms with van der Waals surface area (Å²) < 4.78 is 23.4. The number of hydrogen-bond acceptors (Lipinski definition) is 6. The number of aliphatic hydroxyl groups excluding tert-OH is 1. The minimum Gasteiger partial charge on any atom is -0.756 e. The lowest BCUT2D eigenvalue weighted by molar-refractivity contribution is -0.870. The summed E-state index contributed by atoms with van der Waals surface area (Å²) in [4.78, 5) is 25.5. The van der Waals surface area contributed by atoms with Crippen molar-refractivity contribution in [3.05, 3.63) is 72.9 Å². The van der Waals surface area contributed by atoms with Gasteiger partial charge >= 0.3 is 0 Å². The first-order valence-electron chi connectivity index (χ1n) is 29.3. The number of hydrogen-bond donors (Lipinski definition) is 2. The minimum absolute atomic E-state index is 0.00987. The molecule has 0 saturated carbocycles. The molecule has 0 saturated heterocycles. The number of phosphoric acid groups is 1. The van der Waals surface area contributed by atoms with E-state index < -0.39 is 20.0 Å². The number of carbonyl (C=O) groups is 1. The number of aliphatic hydroxyl groups is 1. The van der Waals surface area contributed by atoms with E-state index in [1.54, 1.807) is 0 Å². The Morgan fingerprint density at radius 1 is 0.514 bits per heavy atom. The molecule has 0 fully saturated rings. The van der Waals surface area contributed by atoms with E-state index in [4.69, 9.17) is 9.05 Å². The van der Waals surface area contributed by atoms with Gasteiger partial charge in [-0.25, -0.2) is 0 Å². The fourth-order valence-corrected chi connectivity index (χ4v) is 9.12. The highest BCUT2D eigenvalue weighted by Crippen LogP contribution is 2.38. The fourth-order valence-electron chi connectivity index (χ4n) is 8.40. The normalized spacial score (nSPS) is 14.4. The standard InChI is InChI=1S/C61H113N2O6P/c1-6-8-10-12-14-16-18-20-22-24-25-26-27-28-29-30-31-32-33-34-35-36-37-39-41-43-45-47-49-51-53-55-61(65)62-59(58-69-70(66,67)68-57-56-63(3,4)5)60(64)54-52-50-48-46-44-42-40-38-23-21-19-17-15-13-11-9-7-2/h8,10,14,16,20,22,25-26,28-29,31-32,59-60,64H,6-7,9,11-13,15,17-19,21,23-24,27,30,33-58H2,1-5H3,(H-,62,65,66,67)/b10-8-,16-14-,22-20-,26-25-,29-28-,32-31-. The van der Waals surface area contributed by atoms with Crippen molar-refractivity contribution in [1.82, 2.24) is 5.32 Å². The minimum atomic E-state index is -4.58. The maximum atomic E-state index is 13.0. The molecule has 408 valence electrons. The zero-order chi connectivity index (χ0) is 51.3. The first-order valence-corrected chi connectivity index (χ1v) is 30.7. The van der Waals surface area contributed by atoms with Gasteiger partial charge in [-0.15, -0.1) is 0 Å². The molecular formula is C61H113N2O6P. The summed E-state index contributed by atoms with van der Waals surface area (Å²) in [5, 5.41) is 14.0. The van der Waals surface area contributed by atoms with Gasteiger partial charge in [-0.2, -0.15) is 0 Å². The van der Waals surface area contributed by atoms with Gasteiger partial charge in [0.05, 0.1) is 39.9 Å². The molecule has 8 nitrogen and oxygen atoms in total. The Balaban J connectivity index is 4.13. The lowest BCUT2D eigenvalue weighted by atomic mass is 10.0. The van der Waals surface area contributed by atoms with Crippen LogP contribution in [0.5, 0.6) is 0 Å². The second-order valence-corrected chi connectivity index (χ2v) is 22.4. The highest BCUT2D eigenvalue weighted by molar-refractivity contribution is 7.45. The Morgan fingerprint density at radius 2 is 0.871 bits per heavy atom. The van der Waals surface area contributed by atoms with E-state index in [9.17, 15) is 19.4 Å². The van der Waals surface area contributed by atoms with Gasteiger partial charge in [-0.3, -0.25) is 9.36 Å². The van der Waals surface area contributed by atoms with Gasteiger partial charge < -0.3 is 28.8 Å². The van der Waals surface area contributed by atoms with Crippen molar-refractivity contribution in [2.24, 2.45) is 0 Å². The Labute approximate surface area is 434 Å². The van der Waals surface area contributed by atoms with E-state index in [2.05, 4.69) is 92.1 Å². The van der Waals surface area contributed by atoms with Crippen molar-refractivity contribution in [1.29, 1.82) is 0 Å². The Bertz CT molecular complexity index is 1370. The summed E-state index contributed by atoms with van der Waals surface area (Å²) in [7, 11) is 1.30. The number of unbranched alkanes of at least 4 members (excludes halogenated alkanes) is 28. The average Bonchev–Trinajstić information content (AvgIpc) is 3.32. The number of nitrogens with one attached hydrogen (secondary N) is 1. The summed E-state index contributed by atoms with van der Waals surface area (Å²) in [5.41, 5.74) is 0. The van der Waals surface area contributed by atoms with Crippen molar-refractivity contribution in [3.63, 3.8) is 0 Å². The monoisotopic (exact) mass is 1000 g/mol. The van der Waals surface area contributed by atoms with E-state index in [0.717, 1.165) is 77.0 Å². The number of rotatable bonds is 53. The molecule has 2 N–H and O–H groups in total. The highest BCUT2D eigenvalue weighted by Gasteiger charge is 2.24. The molecule has 0 aliphatic rings. The average molecular weight is 1000 g/mol. The number of nitrogens with zero attached hydrogens (tertiary/aromatic N) is 1. The van der Waals surface area contributed by atoms with E-state index >= 15 is 0 Å². The van der Waals surface area contributed by atoms with Crippen molar-refractivity contribution in [2.45, 2.75) is 270 Å². The van der Waals surface area contributed by atoms with Gasteiger partial charge in [0.25, 0.3) is 7.82 Å². The molecule has 70 heavy (non-hydrogen) atoms. The maximum absolute atomic E-state index is 13.0. The summed E-state index contributed by atoms with van der Waals surface area (Å²) >= 11 is 0. The van der Waals surface area contributed by atoms with Gasteiger partial charge in [0, 0.05) is 6.42 Å². The Morgan fingerprint density at radius 3 is 1.27 bits per heavy atom. The predicted octanol–water partition coefficient (Wildman–Crippen LogP) is 17.2. The molecule has 0 aliphatic carbocycles. The van der Waals surface area contributed by atoms with Crippen LogP contribution >= 0.6 is 7.82 Å². The van der Waals surface area contributed by atoms with Crippen LogP contribution in [0.4, 0.5) is 0 Å². The fraction of sp³-hybridized carbons (Fsp3) is 0.787. The van der Waals surface area contributed by atoms with Gasteiger partial charge in [0.15, 0.2) is 0 Å². The smallest absolute Gasteiger partial charge is 0.268 e. The van der Waals surface area contributed by atoms with E-state index in [1.807, 2.05) is 21.1 Å². The van der Waals surface area contributed by atoms with Crippen molar-refractivity contribution >= 4 is 13.7 Å². The molecule has 0 radical (unpaired) electrons. The molecule has 1 amide bonds. The first kappa shape index (κ1) is 67.9. The van der Waals surface area contributed by atoms with Crippen LogP contribution in [0.3, 0.4) is 0 Å². The predicted molar refractivity (Wildman–Crippen MR) is 302 cm³/mol. The number of amides is 1. The van der Waals surface area contributed by atoms with Crippen LogP contribution in [0.1, 0.15) is 258 Å². The second kappa shape index (κ2) is 51.8. The summed E-state index contributed by atoms with van der Waals surface area (Å²) in [6, 6.07) is -0.805. The second-order valence-electron chi connectivity index (χ2n) is 21.0. The zero-order valence-electron chi connectivity index (χ0n) is 46.5. The third kappa shape index (κ3) is 53.7. The van der Waals surface area contributed by atoms with Crippen LogP contribution in [0.15, 0.2) is 72.9 Å². The summed E-state index contributed by atoms with van der Waals surface area (Å²) in [5.74, 6) is -0.167. The molecule has 3 atom stereocenters. The maximum Gasteiger partial charge on any atom is 0.268 e. The number of phosphoric ester groups is 1. The molecule has 0 heterocycles. The highest BCUT2D eigenvalue weighted by atomic mass is 31.2. The molecule has 0 aromatic rings. The zero-order valence-corrected chi connectivity index (χ0v) is 47.4. The molecular weight excluding hydrogens is 888 g/mol. The van der Waals surface area contributed by atoms with Crippen LogP contribution in [-0.2, 0) is 18.4 Å². The molecule has 9 heteroatoms. The Kier molecular flexibility index (Phi) is 50.3. The van der Waals surface area contributed by atoms with Gasteiger partial charge in [-0.05, 0) is 64.2 Å². The molecule has 0 aromatic heterocycles. The van der Waals surface area contributed by atoms with Gasteiger partial charge in [-0.1, -0.05) is 260 Å². The summed E-state index contributed by atoms with van der Waals surface area (Å²) in [6.45, 7) is 4.62. The van der Waals surface area contributed by atoms with Gasteiger partial charge in [0.2, 0.25) is 5.91 Å². The van der Waals surface area contributed by atoms with Gasteiger partial charge in [0.1, 0.15) is 13.2 Å². The van der Waals surface area contributed by atoms with Crippen molar-refractivity contribution in [2.75, 3.05) is 40.9 Å². The molecule has 0 bridgehead atoms.